The average Bonchev–Trinajstić information content (AvgIpc) is 3.72. The molecule has 0 N–H and O–H groups in total. The zero-order chi connectivity index (χ0) is 37.3. The topological polar surface area (TPSA) is 30.7 Å². The largest absolute Gasteiger partial charge is 0.333 e. The number of hydrogen-bond acceptors (Lipinski definition) is 3. The van der Waals surface area contributed by atoms with E-state index in [1.165, 1.54) is 37.2 Å². The van der Waals surface area contributed by atoms with Crippen LogP contribution in [-0.4, -0.2) is 22.6 Å². The summed E-state index contributed by atoms with van der Waals surface area (Å²) >= 11 is 1.69. The van der Waals surface area contributed by atoms with Gasteiger partial charge in [0.25, 0.3) is 0 Å². The number of pyridine rings is 1. The predicted molar refractivity (Wildman–Crippen MR) is 231 cm³/mol. The second-order valence-electron chi connectivity index (χ2n) is 16.8. The van der Waals surface area contributed by atoms with Crippen LogP contribution in [0.25, 0.3) is 60.2 Å². The van der Waals surface area contributed by atoms with Crippen LogP contribution < -0.4 is 5.19 Å². The molecule has 8 aromatic rings. The molecule has 54 heavy (non-hydrogen) atoms. The van der Waals surface area contributed by atoms with Crippen molar-refractivity contribution in [2.75, 3.05) is 0 Å². The van der Waals surface area contributed by atoms with Crippen molar-refractivity contribution >= 4 is 56.5 Å². The zero-order valence-electron chi connectivity index (χ0n) is 32.6. The Kier molecular flexibility index (Phi) is 11.9. The van der Waals surface area contributed by atoms with E-state index >= 15 is 0 Å². The summed E-state index contributed by atoms with van der Waals surface area (Å²) in [4.78, 5) is 9.80. The number of nitrogens with zero attached hydrogens (tertiary/aromatic N) is 3. The van der Waals surface area contributed by atoms with Gasteiger partial charge in [-0.25, -0.2) is 0 Å². The van der Waals surface area contributed by atoms with Crippen molar-refractivity contribution in [1.29, 1.82) is 0 Å². The number of fused-ring (bicyclic) bond motifs is 3. The first-order chi connectivity index (χ1) is 25.4. The van der Waals surface area contributed by atoms with E-state index in [4.69, 9.17) is 4.98 Å². The van der Waals surface area contributed by atoms with E-state index in [1.54, 1.807) is 11.3 Å². The zero-order valence-corrected chi connectivity index (χ0v) is 36.8. The van der Waals surface area contributed by atoms with Crippen LogP contribution in [0.15, 0.2) is 121 Å². The van der Waals surface area contributed by atoms with Crippen molar-refractivity contribution in [3.8, 4) is 28.3 Å². The van der Waals surface area contributed by atoms with Crippen LogP contribution in [0.3, 0.4) is 0 Å². The summed E-state index contributed by atoms with van der Waals surface area (Å²) in [6.07, 6.45) is 4.30. The Hall–Kier alpha value is -4.19. The molecule has 0 saturated carbocycles. The van der Waals surface area contributed by atoms with Crippen LogP contribution in [0, 0.1) is 22.8 Å². The second kappa shape index (κ2) is 16.3. The van der Waals surface area contributed by atoms with Gasteiger partial charge < -0.3 is 9.55 Å². The quantitative estimate of drug-likeness (QED) is 0.118. The maximum atomic E-state index is 5.11. The minimum atomic E-state index is -1.34. The Morgan fingerprint density at radius 2 is 1.56 bits per heavy atom. The van der Waals surface area contributed by atoms with Crippen LogP contribution in [-0.2, 0) is 32.9 Å². The van der Waals surface area contributed by atoms with E-state index in [0.717, 1.165) is 52.2 Å². The van der Waals surface area contributed by atoms with E-state index in [9.17, 15) is 0 Å². The summed E-state index contributed by atoms with van der Waals surface area (Å²) < 4.78 is 3.57. The van der Waals surface area contributed by atoms with E-state index in [0.29, 0.717) is 5.92 Å². The molecule has 3 nitrogen and oxygen atoms in total. The smallest absolute Gasteiger partial charge is 0.0798 e. The Morgan fingerprint density at radius 3 is 2.30 bits per heavy atom. The average molecular weight is 920 g/mol. The first kappa shape index (κ1) is 39.5. The van der Waals surface area contributed by atoms with Gasteiger partial charge in [0.1, 0.15) is 0 Å². The molecule has 277 valence electrons. The molecule has 0 fully saturated rings. The Labute approximate surface area is 339 Å². The summed E-state index contributed by atoms with van der Waals surface area (Å²) in [5, 5.41) is 8.75. The van der Waals surface area contributed by atoms with Crippen molar-refractivity contribution < 1.29 is 20.1 Å². The number of para-hydroxylation sites is 2. The third kappa shape index (κ3) is 8.69. The molecule has 6 heteroatoms. The van der Waals surface area contributed by atoms with E-state index < -0.39 is 8.07 Å². The van der Waals surface area contributed by atoms with Gasteiger partial charge in [-0.05, 0) is 58.6 Å². The summed E-state index contributed by atoms with van der Waals surface area (Å²) in [7, 11) is -1.34. The standard InChI is InChI=1S/C30H25N2S.C18H24NSi.Ir/c1-30(2,3)18-20-15-16-23-24(19-33-28(23)17-20)29-31-25-12-6-7-13-27(25)32(29)26-14-8-10-21-9-4-5-11-22(21)26;1-14(2)11-16-12-17(15-9-7-6-8-10-15)19-13-18(16)20(3,4)5;/h4-17H,18H2,1-3H3;6-9,12-14H,11H2,1-5H3;/q2*-1;. The number of hydrogen-bond donors (Lipinski definition) is 0. The van der Waals surface area contributed by atoms with Gasteiger partial charge in [-0.1, -0.05) is 148 Å². The molecule has 0 aliphatic carbocycles. The number of thiophene rings is 1. The molecule has 0 unspecified atom stereocenters. The van der Waals surface area contributed by atoms with Crippen molar-refractivity contribution in [3.05, 3.63) is 144 Å². The molecule has 0 bridgehead atoms. The minimum Gasteiger partial charge on any atom is -0.333 e. The second-order valence-corrected chi connectivity index (χ2v) is 22.6. The molecular formula is C48H49IrN3SSi-2. The van der Waals surface area contributed by atoms with Crippen molar-refractivity contribution in [3.63, 3.8) is 0 Å². The molecule has 1 radical (unpaired) electrons. The molecule has 3 aromatic heterocycles. The molecule has 3 heterocycles. The molecule has 0 amide bonds. The molecule has 0 saturated heterocycles. The summed E-state index contributed by atoms with van der Waals surface area (Å²) in [6, 6.07) is 43.9. The Balaban J connectivity index is 0.000000205. The first-order valence-corrected chi connectivity index (χ1v) is 23.0. The monoisotopic (exact) mass is 920 g/mol. The molecular weight excluding hydrogens is 871 g/mol. The van der Waals surface area contributed by atoms with Crippen molar-refractivity contribution in [1.82, 2.24) is 14.5 Å². The van der Waals surface area contributed by atoms with Gasteiger partial charge in [0, 0.05) is 37.4 Å². The Bertz CT molecular complexity index is 2510. The summed E-state index contributed by atoms with van der Waals surface area (Å²) in [5.41, 5.74) is 9.57. The van der Waals surface area contributed by atoms with Crippen molar-refractivity contribution in [2.45, 2.75) is 67.1 Å². The van der Waals surface area contributed by atoms with Crippen LogP contribution >= 0.6 is 11.3 Å². The number of imidazole rings is 1. The van der Waals surface area contributed by atoms with Gasteiger partial charge in [0.15, 0.2) is 0 Å². The Morgan fingerprint density at radius 1 is 0.815 bits per heavy atom. The van der Waals surface area contributed by atoms with Gasteiger partial charge >= 0.3 is 0 Å². The maximum Gasteiger partial charge on any atom is 0.0798 e. The minimum absolute atomic E-state index is 0. The van der Waals surface area contributed by atoms with E-state index in [2.05, 4.69) is 179 Å². The summed E-state index contributed by atoms with van der Waals surface area (Å²) in [6.45, 7) is 18.6. The predicted octanol–water partition coefficient (Wildman–Crippen LogP) is 12.7. The fourth-order valence-corrected chi connectivity index (χ4v) is 9.72. The molecule has 0 aliphatic rings. The van der Waals surface area contributed by atoms with Gasteiger partial charge in [-0.3, -0.25) is 16.3 Å². The van der Waals surface area contributed by atoms with Crippen LogP contribution in [0.1, 0.15) is 45.7 Å². The van der Waals surface area contributed by atoms with Crippen molar-refractivity contribution in [2.24, 2.45) is 11.3 Å². The SMILES string of the molecule is CC(C)(C)Cc1ccc2c(-c3nc4ccccc4n3-c3cccc4ccccc34)[c-]sc2c1.CC(C)Cc1cc(-c2[c-]cccc2)ncc1[Si](C)(C)C.[Ir]. The third-order valence-electron chi connectivity index (χ3n) is 9.52. The van der Waals surface area contributed by atoms with Crippen LogP contribution in [0.5, 0.6) is 0 Å². The van der Waals surface area contributed by atoms with Gasteiger partial charge in [-0.15, -0.1) is 47.3 Å². The van der Waals surface area contributed by atoms with Gasteiger partial charge in [-0.2, -0.15) is 0 Å². The van der Waals surface area contributed by atoms with Gasteiger partial charge in [0.05, 0.1) is 24.9 Å². The fourth-order valence-electron chi connectivity index (χ4n) is 7.23. The number of aromatic nitrogens is 3. The van der Waals surface area contributed by atoms with Gasteiger partial charge in [0.2, 0.25) is 0 Å². The molecule has 0 spiro atoms. The van der Waals surface area contributed by atoms with E-state index in [-0.39, 0.29) is 25.5 Å². The summed E-state index contributed by atoms with van der Waals surface area (Å²) in [5.74, 6) is 1.61. The fraction of sp³-hybridized carbons (Fsp3) is 0.250. The van der Waals surface area contributed by atoms with E-state index in [1.807, 2.05) is 18.2 Å². The molecule has 8 rings (SSSR count). The maximum absolute atomic E-state index is 5.11. The molecule has 0 aliphatic heterocycles. The normalized spacial score (nSPS) is 11.9. The first-order valence-electron chi connectivity index (χ1n) is 18.7. The van der Waals surface area contributed by atoms with Crippen LogP contribution in [0.4, 0.5) is 0 Å². The molecule has 0 atom stereocenters. The molecule has 5 aromatic carbocycles. The van der Waals surface area contributed by atoms with Crippen LogP contribution in [0.2, 0.25) is 19.6 Å². The third-order valence-corrected chi connectivity index (χ3v) is 12.4. The number of benzene rings is 5. The number of rotatable bonds is 7.